The predicted molar refractivity (Wildman–Crippen MR) is 92.0 cm³/mol. The molecule has 0 fully saturated rings. The molecule has 4 rings (SSSR count). The average molecular weight is 322 g/mol. The van der Waals surface area contributed by atoms with Crippen LogP contribution in [0.3, 0.4) is 0 Å². The molecule has 2 aliphatic rings. The van der Waals surface area contributed by atoms with E-state index in [4.69, 9.17) is 9.47 Å². The maximum absolute atomic E-state index is 11.8. The Labute approximate surface area is 142 Å². The fraction of sp³-hybridized carbons (Fsp3) is 0.333. The van der Waals surface area contributed by atoms with Crippen molar-refractivity contribution < 1.29 is 14.6 Å². The van der Waals surface area contributed by atoms with Crippen molar-refractivity contribution in [3.05, 3.63) is 83.3 Å². The fourth-order valence-electron chi connectivity index (χ4n) is 4.16. The van der Waals surface area contributed by atoms with E-state index in [1.54, 1.807) is 12.5 Å². The molecule has 1 aliphatic carbocycles. The van der Waals surface area contributed by atoms with Gasteiger partial charge in [0.1, 0.15) is 18.1 Å². The Morgan fingerprint density at radius 3 is 2.21 bits per heavy atom. The summed E-state index contributed by atoms with van der Waals surface area (Å²) in [5, 5.41) is 11.8. The van der Waals surface area contributed by atoms with Crippen molar-refractivity contribution in [3.63, 3.8) is 0 Å². The van der Waals surface area contributed by atoms with Crippen LogP contribution in [0.2, 0.25) is 0 Å². The van der Waals surface area contributed by atoms with E-state index >= 15 is 0 Å². The van der Waals surface area contributed by atoms with Crippen molar-refractivity contribution in [2.45, 2.75) is 38.1 Å². The minimum absolute atomic E-state index is 0.0827. The van der Waals surface area contributed by atoms with Crippen molar-refractivity contribution in [3.8, 4) is 0 Å². The molecule has 124 valence electrons. The van der Waals surface area contributed by atoms with Gasteiger partial charge in [0.2, 0.25) is 0 Å². The lowest BCUT2D eigenvalue weighted by Crippen LogP contribution is -2.37. The molecule has 0 amide bonds. The summed E-state index contributed by atoms with van der Waals surface area (Å²) < 4.78 is 11.7. The lowest BCUT2D eigenvalue weighted by molar-refractivity contribution is -0.154. The number of fused-ring (bicyclic) bond motifs is 1. The second kappa shape index (κ2) is 5.38. The molecule has 0 saturated carbocycles. The molecular weight excluding hydrogens is 300 g/mol. The second-order valence-electron chi connectivity index (χ2n) is 6.69. The van der Waals surface area contributed by atoms with Crippen LogP contribution < -0.4 is 0 Å². The minimum Gasteiger partial charge on any atom is -0.453 e. The highest BCUT2D eigenvalue weighted by Gasteiger charge is 2.49. The second-order valence-corrected chi connectivity index (χ2v) is 6.69. The number of benzene rings is 2. The molecule has 3 heteroatoms. The largest absolute Gasteiger partial charge is 0.453 e. The zero-order valence-electron chi connectivity index (χ0n) is 14.0. The van der Waals surface area contributed by atoms with Gasteiger partial charge in [-0.3, -0.25) is 0 Å². The maximum Gasteiger partial charge on any atom is 0.276 e. The van der Waals surface area contributed by atoms with E-state index in [1.165, 1.54) is 5.56 Å². The van der Waals surface area contributed by atoms with Gasteiger partial charge >= 0.3 is 0 Å². The smallest absolute Gasteiger partial charge is 0.276 e. The first kappa shape index (κ1) is 15.3. The highest BCUT2D eigenvalue weighted by Crippen LogP contribution is 2.50. The zero-order valence-corrected chi connectivity index (χ0v) is 14.0. The standard InChI is InChI=1S/C21H22O3/c1-3-20(23-12-13-24-20)18-10-6-7-11-19(18)21(22)15(2)14-16-8-4-5-9-17(16)21/h4-13,15,22H,3,14H2,1-2H3. The number of ether oxygens (including phenoxy) is 2. The van der Waals surface area contributed by atoms with E-state index in [-0.39, 0.29) is 5.92 Å². The fourth-order valence-corrected chi connectivity index (χ4v) is 4.16. The Morgan fingerprint density at radius 1 is 0.958 bits per heavy atom. The Bertz CT molecular complexity index is 787. The van der Waals surface area contributed by atoms with E-state index in [0.717, 1.165) is 23.1 Å². The van der Waals surface area contributed by atoms with Crippen molar-refractivity contribution >= 4 is 0 Å². The van der Waals surface area contributed by atoms with Gasteiger partial charge in [0.25, 0.3) is 5.79 Å². The normalized spacial score (nSPS) is 26.7. The van der Waals surface area contributed by atoms with Crippen LogP contribution in [0.5, 0.6) is 0 Å². The number of aliphatic hydroxyl groups is 1. The lowest BCUT2D eigenvalue weighted by atomic mass is 9.77. The van der Waals surface area contributed by atoms with Crippen molar-refractivity contribution in [2.24, 2.45) is 5.92 Å². The van der Waals surface area contributed by atoms with Gasteiger partial charge in [-0.15, -0.1) is 0 Å². The topological polar surface area (TPSA) is 38.7 Å². The molecule has 0 saturated heterocycles. The van der Waals surface area contributed by atoms with E-state index < -0.39 is 11.4 Å². The number of hydrogen-bond acceptors (Lipinski definition) is 3. The Balaban J connectivity index is 1.92. The Morgan fingerprint density at radius 2 is 1.54 bits per heavy atom. The third kappa shape index (κ3) is 1.94. The summed E-state index contributed by atoms with van der Waals surface area (Å²) in [5.41, 5.74) is 2.92. The predicted octanol–water partition coefficient (Wildman–Crippen LogP) is 4.20. The monoisotopic (exact) mass is 322 g/mol. The lowest BCUT2D eigenvalue weighted by Gasteiger charge is -2.36. The molecule has 0 radical (unpaired) electrons. The van der Waals surface area contributed by atoms with Gasteiger partial charge in [-0.1, -0.05) is 62.4 Å². The highest BCUT2D eigenvalue weighted by atomic mass is 16.7. The molecule has 0 spiro atoms. The maximum atomic E-state index is 11.8. The molecule has 0 bridgehead atoms. The van der Waals surface area contributed by atoms with Crippen LogP contribution in [-0.4, -0.2) is 5.11 Å². The molecule has 1 N–H and O–H groups in total. The summed E-state index contributed by atoms with van der Waals surface area (Å²) >= 11 is 0. The van der Waals surface area contributed by atoms with Crippen LogP contribution in [-0.2, 0) is 27.3 Å². The number of hydrogen-bond donors (Lipinski definition) is 1. The highest BCUT2D eigenvalue weighted by molar-refractivity contribution is 5.50. The molecule has 2 unspecified atom stereocenters. The third-order valence-corrected chi connectivity index (χ3v) is 5.45. The molecule has 1 heterocycles. The van der Waals surface area contributed by atoms with Gasteiger partial charge in [-0.25, -0.2) is 0 Å². The summed E-state index contributed by atoms with van der Waals surface area (Å²) in [6.45, 7) is 4.13. The van der Waals surface area contributed by atoms with Gasteiger partial charge in [0.15, 0.2) is 0 Å². The van der Waals surface area contributed by atoms with E-state index in [2.05, 4.69) is 13.0 Å². The van der Waals surface area contributed by atoms with Gasteiger partial charge in [-0.2, -0.15) is 0 Å². The Kier molecular flexibility index (Phi) is 3.43. The van der Waals surface area contributed by atoms with E-state index in [9.17, 15) is 5.11 Å². The van der Waals surface area contributed by atoms with Crippen LogP contribution in [0.4, 0.5) is 0 Å². The Hall–Kier alpha value is -2.26. The SMILES string of the molecule is CCC1(c2ccccc2C2(O)c3ccccc3CC2C)OC=CO1. The van der Waals surface area contributed by atoms with Crippen LogP contribution in [0.25, 0.3) is 0 Å². The van der Waals surface area contributed by atoms with Gasteiger partial charge in [-0.05, 0) is 29.0 Å². The van der Waals surface area contributed by atoms with E-state index in [0.29, 0.717) is 6.42 Å². The van der Waals surface area contributed by atoms with Crippen molar-refractivity contribution in [1.82, 2.24) is 0 Å². The van der Waals surface area contributed by atoms with Gasteiger partial charge < -0.3 is 14.6 Å². The van der Waals surface area contributed by atoms with Crippen molar-refractivity contribution in [2.75, 3.05) is 0 Å². The quantitative estimate of drug-likeness (QED) is 0.920. The van der Waals surface area contributed by atoms with Crippen LogP contribution in [0.1, 0.15) is 42.5 Å². The zero-order chi connectivity index (χ0) is 16.8. The summed E-state index contributed by atoms with van der Waals surface area (Å²) in [7, 11) is 0. The van der Waals surface area contributed by atoms with E-state index in [1.807, 2.05) is 49.4 Å². The molecular formula is C21H22O3. The van der Waals surface area contributed by atoms with Crippen LogP contribution in [0.15, 0.2) is 61.1 Å². The molecule has 2 aromatic rings. The summed E-state index contributed by atoms with van der Waals surface area (Å²) in [4.78, 5) is 0. The molecule has 3 nitrogen and oxygen atoms in total. The summed E-state index contributed by atoms with van der Waals surface area (Å²) in [6.07, 6.45) is 4.68. The summed E-state index contributed by atoms with van der Waals surface area (Å²) in [5.74, 6) is -0.775. The van der Waals surface area contributed by atoms with Crippen LogP contribution >= 0.6 is 0 Å². The summed E-state index contributed by atoms with van der Waals surface area (Å²) in [6, 6.07) is 16.1. The van der Waals surface area contributed by atoms with Gasteiger partial charge in [0, 0.05) is 12.0 Å². The molecule has 24 heavy (non-hydrogen) atoms. The first-order chi connectivity index (χ1) is 11.6. The first-order valence-corrected chi connectivity index (χ1v) is 8.53. The first-order valence-electron chi connectivity index (χ1n) is 8.53. The molecule has 1 aliphatic heterocycles. The van der Waals surface area contributed by atoms with Crippen molar-refractivity contribution in [1.29, 1.82) is 0 Å². The van der Waals surface area contributed by atoms with Gasteiger partial charge in [0.05, 0.1) is 0 Å². The molecule has 2 aromatic carbocycles. The molecule has 2 atom stereocenters. The average Bonchev–Trinajstić information content (AvgIpc) is 3.20. The third-order valence-electron chi connectivity index (χ3n) is 5.45. The number of rotatable bonds is 3. The minimum atomic E-state index is -1.04. The molecule has 0 aromatic heterocycles. The van der Waals surface area contributed by atoms with Crippen LogP contribution in [0, 0.1) is 5.92 Å².